The number of hydrogen-bond donors (Lipinski definition) is 0. The van der Waals surface area contributed by atoms with E-state index in [4.69, 9.17) is 9.15 Å². The Balaban J connectivity index is 1.77. The molecule has 6 heteroatoms. The Kier molecular flexibility index (Phi) is 3.51. The van der Waals surface area contributed by atoms with Crippen LogP contribution in [0.15, 0.2) is 58.3 Å². The zero-order valence-electron chi connectivity index (χ0n) is 11.4. The van der Waals surface area contributed by atoms with Gasteiger partial charge in [-0.2, -0.15) is 0 Å². The molecule has 21 heavy (non-hydrogen) atoms. The van der Waals surface area contributed by atoms with E-state index in [0.29, 0.717) is 17.3 Å². The summed E-state index contributed by atoms with van der Waals surface area (Å²) < 4.78 is 12.1. The standard InChI is InChI=1S/C15H13N3O3/c1-11-17-12(9-20-11)10-21-14-4-7-18(15(19)8-14)13-2-5-16-6-3-13/h2-9H,10H2,1H3. The SMILES string of the molecule is Cc1nc(COc2ccn(-c3ccncc3)c(=O)c2)co1. The molecule has 0 aliphatic rings. The second-order valence-electron chi connectivity index (χ2n) is 4.42. The summed E-state index contributed by atoms with van der Waals surface area (Å²) in [5.74, 6) is 1.08. The third-order valence-electron chi connectivity index (χ3n) is 2.89. The minimum absolute atomic E-state index is 0.171. The van der Waals surface area contributed by atoms with E-state index in [1.165, 1.54) is 16.9 Å². The topological polar surface area (TPSA) is 70.2 Å². The first-order valence-corrected chi connectivity index (χ1v) is 6.39. The van der Waals surface area contributed by atoms with Gasteiger partial charge >= 0.3 is 0 Å². The van der Waals surface area contributed by atoms with Crippen LogP contribution in [0, 0.1) is 6.92 Å². The number of nitrogens with zero attached hydrogens (tertiary/aromatic N) is 3. The van der Waals surface area contributed by atoms with Crippen LogP contribution in [0.3, 0.4) is 0 Å². The normalized spacial score (nSPS) is 10.5. The first-order valence-electron chi connectivity index (χ1n) is 6.39. The second-order valence-corrected chi connectivity index (χ2v) is 4.42. The van der Waals surface area contributed by atoms with Gasteiger partial charge in [-0.3, -0.25) is 14.3 Å². The highest BCUT2D eigenvalue weighted by molar-refractivity contribution is 5.31. The van der Waals surface area contributed by atoms with E-state index in [0.717, 1.165) is 5.69 Å². The molecule has 6 nitrogen and oxygen atoms in total. The molecule has 3 rings (SSSR count). The molecular weight excluding hydrogens is 270 g/mol. The molecule has 106 valence electrons. The molecule has 0 unspecified atom stereocenters. The van der Waals surface area contributed by atoms with Crippen molar-refractivity contribution in [2.75, 3.05) is 0 Å². The van der Waals surface area contributed by atoms with E-state index in [2.05, 4.69) is 9.97 Å². The lowest BCUT2D eigenvalue weighted by molar-refractivity contribution is 0.300. The maximum Gasteiger partial charge on any atom is 0.258 e. The Morgan fingerprint density at radius 2 is 2.10 bits per heavy atom. The van der Waals surface area contributed by atoms with Gasteiger partial charge in [0, 0.05) is 31.6 Å². The van der Waals surface area contributed by atoms with Gasteiger partial charge in [0.05, 0.1) is 5.69 Å². The van der Waals surface area contributed by atoms with E-state index < -0.39 is 0 Å². The summed E-state index contributed by atoms with van der Waals surface area (Å²) in [7, 11) is 0. The monoisotopic (exact) mass is 283 g/mol. The third kappa shape index (κ3) is 3.00. The summed E-state index contributed by atoms with van der Waals surface area (Å²) in [6.07, 6.45) is 6.48. The van der Waals surface area contributed by atoms with Crippen molar-refractivity contribution in [1.82, 2.24) is 14.5 Å². The van der Waals surface area contributed by atoms with Crippen molar-refractivity contribution >= 4 is 0 Å². The zero-order valence-corrected chi connectivity index (χ0v) is 11.4. The van der Waals surface area contributed by atoms with Crippen LogP contribution < -0.4 is 10.3 Å². The number of hydrogen-bond acceptors (Lipinski definition) is 5. The fraction of sp³-hybridized carbons (Fsp3) is 0.133. The van der Waals surface area contributed by atoms with Crippen LogP contribution in [0.2, 0.25) is 0 Å². The first kappa shape index (κ1) is 13.1. The molecule has 3 heterocycles. The van der Waals surface area contributed by atoms with Gasteiger partial charge in [-0.1, -0.05) is 0 Å². The van der Waals surface area contributed by atoms with Crippen LogP contribution in [0.1, 0.15) is 11.6 Å². The maximum absolute atomic E-state index is 12.1. The Bertz CT molecular complexity index is 793. The van der Waals surface area contributed by atoms with Crippen molar-refractivity contribution < 1.29 is 9.15 Å². The molecule has 0 atom stereocenters. The van der Waals surface area contributed by atoms with E-state index in [-0.39, 0.29) is 12.2 Å². The number of pyridine rings is 2. The van der Waals surface area contributed by atoms with Crippen LogP contribution in [-0.4, -0.2) is 14.5 Å². The Morgan fingerprint density at radius 3 is 2.76 bits per heavy atom. The van der Waals surface area contributed by atoms with Gasteiger partial charge < -0.3 is 9.15 Å². The van der Waals surface area contributed by atoms with Gasteiger partial charge in [-0.15, -0.1) is 0 Å². The molecule has 3 aromatic heterocycles. The predicted octanol–water partition coefficient (Wildman–Crippen LogP) is 2.11. The number of aryl methyl sites for hydroxylation is 1. The van der Waals surface area contributed by atoms with Crippen LogP contribution in [0.5, 0.6) is 5.75 Å². The Labute approximate surface area is 120 Å². The second kappa shape index (κ2) is 5.62. The minimum Gasteiger partial charge on any atom is -0.487 e. The quantitative estimate of drug-likeness (QED) is 0.733. The molecule has 0 fully saturated rings. The van der Waals surface area contributed by atoms with Crippen LogP contribution in [0.25, 0.3) is 5.69 Å². The molecule has 0 aliphatic heterocycles. The van der Waals surface area contributed by atoms with Gasteiger partial charge in [-0.25, -0.2) is 4.98 Å². The highest BCUT2D eigenvalue weighted by Gasteiger charge is 2.04. The fourth-order valence-electron chi connectivity index (χ4n) is 1.90. The summed E-state index contributed by atoms with van der Waals surface area (Å²) in [6.45, 7) is 2.02. The third-order valence-corrected chi connectivity index (χ3v) is 2.89. The zero-order chi connectivity index (χ0) is 14.7. The predicted molar refractivity (Wildman–Crippen MR) is 75.4 cm³/mol. The van der Waals surface area contributed by atoms with Gasteiger partial charge in [-0.05, 0) is 18.2 Å². The van der Waals surface area contributed by atoms with Crippen molar-refractivity contribution in [1.29, 1.82) is 0 Å². The molecule has 0 spiro atoms. The van der Waals surface area contributed by atoms with E-state index in [1.807, 2.05) is 0 Å². The molecule has 0 radical (unpaired) electrons. The summed E-state index contributed by atoms with van der Waals surface area (Å²) in [4.78, 5) is 20.1. The van der Waals surface area contributed by atoms with Crippen LogP contribution in [0.4, 0.5) is 0 Å². The molecule has 0 aromatic carbocycles. The molecule has 0 aliphatic carbocycles. The average molecular weight is 283 g/mol. The molecule has 0 amide bonds. The largest absolute Gasteiger partial charge is 0.487 e. The molecular formula is C15H13N3O3. The highest BCUT2D eigenvalue weighted by Crippen LogP contribution is 2.11. The van der Waals surface area contributed by atoms with Crippen molar-refractivity contribution in [3.8, 4) is 11.4 Å². The molecule has 0 saturated carbocycles. The van der Waals surface area contributed by atoms with Crippen molar-refractivity contribution in [2.24, 2.45) is 0 Å². The van der Waals surface area contributed by atoms with E-state index >= 15 is 0 Å². The minimum atomic E-state index is -0.171. The summed E-state index contributed by atoms with van der Waals surface area (Å²) >= 11 is 0. The van der Waals surface area contributed by atoms with Gasteiger partial charge in [0.25, 0.3) is 5.56 Å². The lowest BCUT2D eigenvalue weighted by Crippen LogP contribution is -2.16. The maximum atomic E-state index is 12.1. The number of aromatic nitrogens is 3. The fourth-order valence-corrected chi connectivity index (χ4v) is 1.90. The van der Waals surface area contributed by atoms with Gasteiger partial charge in [0.1, 0.15) is 24.3 Å². The van der Waals surface area contributed by atoms with Crippen molar-refractivity contribution in [3.63, 3.8) is 0 Å². The first-order chi connectivity index (χ1) is 10.2. The summed E-state index contributed by atoms with van der Waals surface area (Å²) in [5.41, 5.74) is 1.27. The summed E-state index contributed by atoms with van der Waals surface area (Å²) in [6, 6.07) is 6.70. The molecule has 3 aromatic rings. The number of oxazole rings is 1. The number of rotatable bonds is 4. The van der Waals surface area contributed by atoms with Crippen molar-refractivity contribution in [2.45, 2.75) is 13.5 Å². The van der Waals surface area contributed by atoms with Gasteiger partial charge in [0.2, 0.25) is 0 Å². The van der Waals surface area contributed by atoms with E-state index in [1.54, 1.807) is 43.7 Å². The van der Waals surface area contributed by atoms with Crippen molar-refractivity contribution in [3.05, 3.63) is 71.1 Å². The van der Waals surface area contributed by atoms with Gasteiger partial charge in [0.15, 0.2) is 5.89 Å². The van der Waals surface area contributed by atoms with E-state index in [9.17, 15) is 4.79 Å². The van der Waals surface area contributed by atoms with Crippen LogP contribution >= 0.6 is 0 Å². The lowest BCUT2D eigenvalue weighted by Gasteiger charge is -2.07. The average Bonchev–Trinajstić information content (AvgIpc) is 2.92. The Hall–Kier alpha value is -2.89. The number of ether oxygens (including phenoxy) is 1. The smallest absolute Gasteiger partial charge is 0.258 e. The molecule has 0 N–H and O–H groups in total. The summed E-state index contributed by atoms with van der Waals surface area (Å²) in [5, 5.41) is 0. The molecule has 0 saturated heterocycles. The molecule has 0 bridgehead atoms. The highest BCUT2D eigenvalue weighted by atomic mass is 16.5. The van der Waals surface area contributed by atoms with Crippen LogP contribution in [-0.2, 0) is 6.61 Å². The lowest BCUT2D eigenvalue weighted by atomic mass is 10.3. The Morgan fingerprint density at radius 1 is 1.29 bits per heavy atom.